The summed E-state index contributed by atoms with van der Waals surface area (Å²) in [6.45, 7) is 4.70. The summed E-state index contributed by atoms with van der Waals surface area (Å²) < 4.78 is 5.44. The number of rotatable bonds is 6. The van der Waals surface area contributed by atoms with Crippen LogP contribution in [-0.2, 0) is 9.53 Å². The molecule has 0 aliphatic carbocycles. The van der Waals surface area contributed by atoms with Crippen LogP contribution in [0.1, 0.15) is 17.3 Å². The van der Waals surface area contributed by atoms with E-state index in [1.165, 1.54) is 6.92 Å². The second-order valence-electron chi connectivity index (χ2n) is 8.56. The number of ether oxygens (including phenoxy) is 1. The van der Waals surface area contributed by atoms with Gasteiger partial charge < -0.3 is 25.6 Å². The number of pyridine rings is 1. The third-order valence-corrected chi connectivity index (χ3v) is 5.94. The maximum absolute atomic E-state index is 13.3. The fourth-order valence-electron chi connectivity index (χ4n) is 4.19. The van der Waals surface area contributed by atoms with Gasteiger partial charge in [0.05, 0.1) is 24.3 Å². The SMILES string of the molecule is CC(=O)Nc1ccc(NC(=O)c2cc(Nc3ccc(N4CCOCC4)cc3)nc3ccccc23)cc1. The number of morpholine rings is 1. The van der Waals surface area contributed by atoms with Crippen LogP contribution in [0, 0.1) is 0 Å². The normalized spacial score (nSPS) is 13.3. The smallest absolute Gasteiger partial charge is 0.256 e. The summed E-state index contributed by atoms with van der Waals surface area (Å²) in [6.07, 6.45) is 0. The highest BCUT2D eigenvalue weighted by molar-refractivity contribution is 6.13. The molecule has 182 valence electrons. The first-order valence-corrected chi connectivity index (χ1v) is 11.8. The number of hydrogen-bond donors (Lipinski definition) is 3. The van der Waals surface area contributed by atoms with Gasteiger partial charge in [0.25, 0.3) is 5.91 Å². The Bertz CT molecular complexity index is 1380. The van der Waals surface area contributed by atoms with E-state index in [1.807, 2.05) is 36.4 Å². The highest BCUT2D eigenvalue weighted by Gasteiger charge is 2.15. The van der Waals surface area contributed by atoms with Gasteiger partial charge in [-0.05, 0) is 60.7 Å². The molecular formula is C28H27N5O3. The van der Waals surface area contributed by atoms with E-state index < -0.39 is 0 Å². The van der Waals surface area contributed by atoms with Crippen molar-refractivity contribution in [3.63, 3.8) is 0 Å². The van der Waals surface area contributed by atoms with Gasteiger partial charge in [0.1, 0.15) is 5.82 Å². The number of carbonyl (C=O) groups is 2. The minimum Gasteiger partial charge on any atom is -0.378 e. The molecule has 0 saturated carbocycles. The van der Waals surface area contributed by atoms with Crippen LogP contribution >= 0.6 is 0 Å². The van der Waals surface area contributed by atoms with Crippen molar-refractivity contribution in [1.29, 1.82) is 0 Å². The van der Waals surface area contributed by atoms with Gasteiger partial charge in [0.15, 0.2) is 0 Å². The first-order chi connectivity index (χ1) is 17.5. The molecule has 1 aromatic heterocycles. The van der Waals surface area contributed by atoms with Gasteiger partial charge in [0.2, 0.25) is 5.91 Å². The number of carbonyl (C=O) groups excluding carboxylic acids is 2. The number of anilines is 5. The van der Waals surface area contributed by atoms with Crippen molar-refractivity contribution in [2.45, 2.75) is 6.92 Å². The molecule has 5 rings (SSSR count). The second-order valence-corrected chi connectivity index (χ2v) is 8.56. The Hall–Kier alpha value is -4.43. The molecule has 4 aromatic rings. The summed E-state index contributed by atoms with van der Waals surface area (Å²) in [5.74, 6) is 0.191. The summed E-state index contributed by atoms with van der Waals surface area (Å²) in [7, 11) is 0. The lowest BCUT2D eigenvalue weighted by atomic mass is 10.1. The van der Waals surface area contributed by atoms with Crippen LogP contribution in [0.2, 0.25) is 0 Å². The van der Waals surface area contributed by atoms with Gasteiger partial charge in [-0.25, -0.2) is 4.98 Å². The van der Waals surface area contributed by atoms with Crippen molar-refractivity contribution in [1.82, 2.24) is 4.98 Å². The summed E-state index contributed by atoms with van der Waals surface area (Å²) in [4.78, 5) is 31.5. The molecule has 36 heavy (non-hydrogen) atoms. The Labute approximate surface area is 209 Å². The third kappa shape index (κ3) is 5.45. The number of nitrogens with zero attached hydrogens (tertiary/aromatic N) is 2. The average Bonchev–Trinajstić information content (AvgIpc) is 2.90. The van der Waals surface area contributed by atoms with Crippen molar-refractivity contribution in [3.05, 3.63) is 84.4 Å². The van der Waals surface area contributed by atoms with Crippen molar-refractivity contribution in [2.75, 3.05) is 47.2 Å². The monoisotopic (exact) mass is 481 g/mol. The minimum atomic E-state index is -0.244. The molecule has 0 radical (unpaired) electrons. The molecule has 1 aliphatic rings. The molecule has 8 heteroatoms. The number of benzene rings is 3. The van der Waals surface area contributed by atoms with E-state index in [-0.39, 0.29) is 11.8 Å². The van der Waals surface area contributed by atoms with E-state index >= 15 is 0 Å². The van der Waals surface area contributed by atoms with E-state index in [4.69, 9.17) is 9.72 Å². The van der Waals surface area contributed by atoms with Gasteiger partial charge >= 0.3 is 0 Å². The van der Waals surface area contributed by atoms with Crippen molar-refractivity contribution in [2.24, 2.45) is 0 Å². The highest BCUT2D eigenvalue weighted by atomic mass is 16.5. The molecule has 3 N–H and O–H groups in total. The zero-order chi connectivity index (χ0) is 24.9. The molecule has 2 amide bonds. The molecule has 0 spiro atoms. The predicted molar refractivity (Wildman–Crippen MR) is 143 cm³/mol. The summed E-state index contributed by atoms with van der Waals surface area (Å²) in [6, 6.07) is 24.5. The summed E-state index contributed by atoms with van der Waals surface area (Å²) in [5, 5.41) is 9.76. The van der Waals surface area contributed by atoms with E-state index in [2.05, 4.69) is 33.0 Å². The fourth-order valence-corrected chi connectivity index (χ4v) is 4.19. The van der Waals surface area contributed by atoms with E-state index in [9.17, 15) is 9.59 Å². The lowest BCUT2D eigenvalue weighted by Gasteiger charge is -2.28. The van der Waals surface area contributed by atoms with Crippen LogP contribution in [0.5, 0.6) is 0 Å². The highest BCUT2D eigenvalue weighted by Crippen LogP contribution is 2.26. The predicted octanol–water partition coefficient (Wildman–Crippen LogP) is 5.03. The van der Waals surface area contributed by atoms with Crippen LogP contribution in [0.25, 0.3) is 10.9 Å². The number of amides is 2. The average molecular weight is 482 g/mol. The molecule has 1 fully saturated rings. The standard InChI is InChI=1S/C28H27N5O3/c1-19(34)29-20-6-8-22(9-7-20)31-28(35)25-18-27(32-26-5-3-2-4-24(25)26)30-21-10-12-23(13-11-21)33-14-16-36-17-15-33/h2-13,18H,14-17H2,1H3,(H,29,34)(H,30,32)(H,31,35). The summed E-state index contributed by atoms with van der Waals surface area (Å²) >= 11 is 0. The van der Waals surface area contributed by atoms with Crippen LogP contribution in [0.4, 0.5) is 28.6 Å². The van der Waals surface area contributed by atoms with Gasteiger partial charge in [0, 0.05) is 48.1 Å². The first-order valence-electron chi connectivity index (χ1n) is 11.8. The fraction of sp³-hybridized carbons (Fsp3) is 0.179. The van der Waals surface area contributed by atoms with Crippen LogP contribution in [0.3, 0.4) is 0 Å². The van der Waals surface area contributed by atoms with Gasteiger partial charge in [-0.1, -0.05) is 18.2 Å². The zero-order valence-corrected chi connectivity index (χ0v) is 20.0. The van der Waals surface area contributed by atoms with E-state index in [0.29, 0.717) is 22.8 Å². The molecule has 0 atom stereocenters. The quantitative estimate of drug-likeness (QED) is 0.358. The van der Waals surface area contributed by atoms with Gasteiger partial charge in [-0.2, -0.15) is 0 Å². The Balaban J connectivity index is 1.36. The third-order valence-electron chi connectivity index (χ3n) is 5.94. The van der Waals surface area contributed by atoms with Crippen molar-refractivity contribution < 1.29 is 14.3 Å². The molecule has 0 bridgehead atoms. The molecule has 8 nitrogen and oxygen atoms in total. The Morgan fingerprint density at radius 2 is 1.47 bits per heavy atom. The van der Waals surface area contributed by atoms with Gasteiger partial charge in [-0.3, -0.25) is 9.59 Å². The number of hydrogen-bond acceptors (Lipinski definition) is 6. The number of aromatic nitrogens is 1. The minimum absolute atomic E-state index is 0.147. The number of nitrogens with one attached hydrogen (secondary N) is 3. The topological polar surface area (TPSA) is 95.6 Å². The lowest BCUT2D eigenvalue weighted by molar-refractivity contribution is -0.114. The Kier molecular flexibility index (Phi) is 6.77. The maximum Gasteiger partial charge on any atom is 0.256 e. The van der Waals surface area contributed by atoms with Crippen molar-refractivity contribution in [3.8, 4) is 0 Å². The second kappa shape index (κ2) is 10.5. The Morgan fingerprint density at radius 1 is 0.833 bits per heavy atom. The molecule has 1 aliphatic heterocycles. The van der Waals surface area contributed by atoms with E-state index in [1.54, 1.807) is 30.3 Å². The number of para-hydroxylation sites is 1. The van der Waals surface area contributed by atoms with Crippen LogP contribution in [0.15, 0.2) is 78.9 Å². The van der Waals surface area contributed by atoms with Crippen molar-refractivity contribution >= 4 is 51.3 Å². The molecule has 0 unspecified atom stereocenters. The number of fused-ring (bicyclic) bond motifs is 1. The Morgan fingerprint density at radius 3 is 2.17 bits per heavy atom. The first kappa shape index (κ1) is 23.3. The molecule has 3 aromatic carbocycles. The molecular weight excluding hydrogens is 454 g/mol. The summed E-state index contributed by atoms with van der Waals surface area (Å²) in [5.41, 5.74) is 4.57. The lowest BCUT2D eigenvalue weighted by Crippen LogP contribution is -2.36. The van der Waals surface area contributed by atoms with Crippen LogP contribution in [-0.4, -0.2) is 43.1 Å². The molecule has 2 heterocycles. The largest absolute Gasteiger partial charge is 0.378 e. The molecule has 1 saturated heterocycles. The maximum atomic E-state index is 13.3. The van der Waals surface area contributed by atoms with Crippen LogP contribution < -0.4 is 20.9 Å². The van der Waals surface area contributed by atoms with E-state index in [0.717, 1.165) is 48.6 Å². The van der Waals surface area contributed by atoms with Gasteiger partial charge in [-0.15, -0.1) is 0 Å². The zero-order valence-electron chi connectivity index (χ0n) is 20.0.